The quantitative estimate of drug-likeness (QED) is 0.728. The van der Waals surface area contributed by atoms with Gasteiger partial charge in [-0.2, -0.15) is 0 Å². The van der Waals surface area contributed by atoms with Gasteiger partial charge in [-0.1, -0.05) is 38.1 Å². The topological polar surface area (TPSA) is 76.9 Å². The van der Waals surface area contributed by atoms with E-state index < -0.39 is 10.0 Å². The number of aryl methyl sites for hydroxylation is 1. The monoisotopic (exact) mass is 382 g/mol. The third-order valence-corrected chi connectivity index (χ3v) is 6.24. The molecular weight excluding hydrogens is 360 g/mol. The highest BCUT2D eigenvalue weighted by atomic mass is 32.2. The smallest absolute Gasteiger partial charge is 0.261 e. The number of sulfonamides is 1. The van der Waals surface area contributed by atoms with Crippen molar-refractivity contribution in [2.45, 2.75) is 44.0 Å². The summed E-state index contributed by atoms with van der Waals surface area (Å²) in [5, 5.41) is 8.49. The Morgan fingerprint density at radius 2 is 1.85 bits per heavy atom. The molecule has 27 heavy (non-hydrogen) atoms. The third-order valence-electron chi connectivity index (χ3n) is 4.84. The summed E-state index contributed by atoms with van der Waals surface area (Å²) in [6, 6.07) is 14.3. The largest absolute Gasteiger partial charge is 0.311 e. The number of hydrogen-bond donors (Lipinski definition) is 1. The van der Waals surface area contributed by atoms with E-state index in [1.165, 1.54) is 0 Å². The molecule has 0 bridgehead atoms. The van der Waals surface area contributed by atoms with E-state index in [-0.39, 0.29) is 4.90 Å². The molecule has 1 aliphatic heterocycles. The zero-order chi connectivity index (χ0) is 19.0. The van der Waals surface area contributed by atoms with Gasteiger partial charge in [-0.15, -0.1) is 10.2 Å². The second kappa shape index (κ2) is 6.81. The minimum absolute atomic E-state index is 0.251. The summed E-state index contributed by atoms with van der Waals surface area (Å²) in [4.78, 5) is 0.251. The molecule has 3 aromatic rings. The summed E-state index contributed by atoms with van der Waals surface area (Å²) in [7, 11) is -3.65. The SMILES string of the molecule is CC(C)c1ccc(S(=O)(=O)Nc2cccc(-c3nnc4n3CCC4)c2)cc1. The van der Waals surface area contributed by atoms with E-state index in [1.54, 1.807) is 24.3 Å². The molecule has 7 heteroatoms. The van der Waals surface area contributed by atoms with Gasteiger partial charge in [0.15, 0.2) is 5.82 Å². The fourth-order valence-electron chi connectivity index (χ4n) is 3.33. The van der Waals surface area contributed by atoms with Crippen molar-refractivity contribution in [3.8, 4) is 11.4 Å². The lowest BCUT2D eigenvalue weighted by molar-refractivity contribution is 0.601. The number of rotatable bonds is 5. The van der Waals surface area contributed by atoms with E-state index in [0.717, 1.165) is 42.2 Å². The van der Waals surface area contributed by atoms with Crippen LogP contribution in [0.4, 0.5) is 5.69 Å². The number of aromatic nitrogens is 3. The molecule has 6 nitrogen and oxygen atoms in total. The molecule has 0 atom stereocenters. The van der Waals surface area contributed by atoms with Gasteiger partial charge in [-0.3, -0.25) is 4.72 Å². The molecule has 140 valence electrons. The number of hydrogen-bond acceptors (Lipinski definition) is 4. The van der Waals surface area contributed by atoms with Crippen LogP contribution in [0, 0.1) is 0 Å². The number of benzene rings is 2. The molecule has 0 saturated carbocycles. The zero-order valence-electron chi connectivity index (χ0n) is 15.4. The van der Waals surface area contributed by atoms with E-state index in [2.05, 4.69) is 33.3 Å². The molecule has 0 spiro atoms. The summed E-state index contributed by atoms with van der Waals surface area (Å²) < 4.78 is 30.2. The number of nitrogens with one attached hydrogen (secondary N) is 1. The van der Waals surface area contributed by atoms with Crippen LogP contribution in [0.25, 0.3) is 11.4 Å². The molecule has 0 aliphatic carbocycles. The summed E-state index contributed by atoms with van der Waals surface area (Å²) in [5.41, 5.74) is 2.47. The average molecular weight is 382 g/mol. The Morgan fingerprint density at radius 1 is 1.07 bits per heavy atom. The van der Waals surface area contributed by atoms with Gasteiger partial charge in [0.25, 0.3) is 10.0 Å². The summed E-state index contributed by atoms with van der Waals surface area (Å²) in [6.07, 6.45) is 2.00. The highest BCUT2D eigenvalue weighted by Gasteiger charge is 2.19. The summed E-state index contributed by atoms with van der Waals surface area (Å²) in [6.45, 7) is 5.05. The predicted octanol–water partition coefficient (Wildman–Crippen LogP) is 3.82. The van der Waals surface area contributed by atoms with E-state index in [9.17, 15) is 8.42 Å². The number of nitrogens with zero attached hydrogens (tertiary/aromatic N) is 3. The van der Waals surface area contributed by atoms with Gasteiger partial charge in [0.1, 0.15) is 5.82 Å². The first kappa shape index (κ1) is 17.7. The van der Waals surface area contributed by atoms with Crippen LogP contribution in [0.1, 0.15) is 37.6 Å². The Balaban J connectivity index is 1.60. The molecular formula is C20H22N4O2S. The van der Waals surface area contributed by atoms with Crippen molar-refractivity contribution in [3.63, 3.8) is 0 Å². The second-order valence-electron chi connectivity index (χ2n) is 7.11. The average Bonchev–Trinajstić information content (AvgIpc) is 3.25. The van der Waals surface area contributed by atoms with Crippen molar-refractivity contribution in [2.24, 2.45) is 0 Å². The molecule has 0 radical (unpaired) electrons. The molecule has 0 unspecified atom stereocenters. The molecule has 1 aromatic heterocycles. The van der Waals surface area contributed by atoms with Crippen LogP contribution < -0.4 is 4.72 Å². The molecule has 1 aliphatic rings. The summed E-state index contributed by atoms with van der Waals surface area (Å²) in [5.74, 6) is 2.13. The second-order valence-corrected chi connectivity index (χ2v) is 8.79. The van der Waals surface area contributed by atoms with Crippen molar-refractivity contribution < 1.29 is 8.42 Å². The van der Waals surface area contributed by atoms with Crippen molar-refractivity contribution in [3.05, 3.63) is 59.9 Å². The van der Waals surface area contributed by atoms with Gasteiger partial charge in [0, 0.05) is 24.2 Å². The minimum Gasteiger partial charge on any atom is -0.311 e. The maximum atomic E-state index is 12.7. The normalized spacial score (nSPS) is 13.7. The molecule has 2 aromatic carbocycles. The van der Waals surface area contributed by atoms with E-state index in [1.807, 2.05) is 24.3 Å². The summed E-state index contributed by atoms with van der Waals surface area (Å²) >= 11 is 0. The Morgan fingerprint density at radius 3 is 2.59 bits per heavy atom. The van der Waals surface area contributed by atoms with Gasteiger partial charge >= 0.3 is 0 Å². The van der Waals surface area contributed by atoms with Crippen LogP contribution in [-0.4, -0.2) is 23.2 Å². The zero-order valence-corrected chi connectivity index (χ0v) is 16.2. The molecule has 4 rings (SSSR count). The van der Waals surface area contributed by atoms with Gasteiger partial charge in [0.2, 0.25) is 0 Å². The van der Waals surface area contributed by atoms with Crippen molar-refractivity contribution >= 4 is 15.7 Å². The van der Waals surface area contributed by atoms with Crippen LogP contribution >= 0.6 is 0 Å². The van der Waals surface area contributed by atoms with Crippen LogP contribution in [0.2, 0.25) is 0 Å². The van der Waals surface area contributed by atoms with Crippen molar-refractivity contribution in [1.29, 1.82) is 0 Å². The fourth-order valence-corrected chi connectivity index (χ4v) is 4.38. The maximum Gasteiger partial charge on any atom is 0.261 e. The first-order valence-electron chi connectivity index (χ1n) is 9.09. The Bertz CT molecular complexity index is 1070. The highest BCUT2D eigenvalue weighted by Crippen LogP contribution is 2.26. The third kappa shape index (κ3) is 3.47. The van der Waals surface area contributed by atoms with Gasteiger partial charge in [0.05, 0.1) is 4.90 Å². The standard InChI is InChI=1S/C20H22N4O2S/c1-14(2)15-8-10-18(11-9-15)27(25,26)23-17-6-3-5-16(13-17)20-22-21-19-7-4-12-24(19)20/h3,5-6,8-11,13-14,23H,4,7,12H2,1-2H3. The van der Waals surface area contributed by atoms with Crippen molar-refractivity contribution in [2.75, 3.05) is 4.72 Å². The van der Waals surface area contributed by atoms with Crippen LogP contribution in [-0.2, 0) is 23.0 Å². The number of anilines is 1. The van der Waals surface area contributed by atoms with Crippen molar-refractivity contribution in [1.82, 2.24) is 14.8 Å². The fraction of sp³-hybridized carbons (Fsp3) is 0.300. The van der Waals surface area contributed by atoms with Crippen LogP contribution in [0.3, 0.4) is 0 Å². The van der Waals surface area contributed by atoms with Gasteiger partial charge < -0.3 is 4.57 Å². The molecule has 2 heterocycles. The van der Waals surface area contributed by atoms with Crippen LogP contribution in [0.5, 0.6) is 0 Å². The first-order valence-corrected chi connectivity index (χ1v) is 10.6. The highest BCUT2D eigenvalue weighted by molar-refractivity contribution is 7.92. The minimum atomic E-state index is -3.65. The van der Waals surface area contributed by atoms with E-state index >= 15 is 0 Å². The lowest BCUT2D eigenvalue weighted by atomic mass is 10.0. The lowest BCUT2D eigenvalue weighted by Crippen LogP contribution is -2.13. The van der Waals surface area contributed by atoms with Gasteiger partial charge in [-0.25, -0.2) is 8.42 Å². The van der Waals surface area contributed by atoms with E-state index in [0.29, 0.717) is 11.6 Å². The number of fused-ring (bicyclic) bond motifs is 1. The molecule has 0 fully saturated rings. The van der Waals surface area contributed by atoms with Gasteiger partial charge in [-0.05, 0) is 42.2 Å². The molecule has 0 saturated heterocycles. The Hall–Kier alpha value is -2.67. The maximum absolute atomic E-state index is 12.7. The van der Waals surface area contributed by atoms with Crippen LogP contribution in [0.15, 0.2) is 53.4 Å². The van der Waals surface area contributed by atoms with E-state index in [4.69, 9.17) is 0 Å². The molecule has 1 N–H and O–H groups in total. The lowest BCUT2D eigenvalue weighted by Gasteiger charge is -2.11. The Kier molecular flexibility index (Phi) is 4.47. The Labute approximate surface area is 159 Å². The molecule has 0 amide bonds. The first-order chi connectivity index (χ1) is 12.9. The predicted molar refractivity (Wildman–Crippen MR) is 105 cm³/mol.